The number of carbonyl (C=O) groups is 2. The molecule has 74 heavy (non-hydrogen) atoms. The summed E-state index contributed by atoms with van der Waals surface area (Å²) < 4.78 is 30.7. The third-order valence-electron chi connectivity index (χ3n) is 14.0. The lowest BCUT2D eigenvalue weighted by Gasteiger charge is -2.27. The molecule has 0 bridgehead atoms. The van der Waals surface area contributed by atoms with Crippen LogP contribution in [0.2, 0.25) is 0 Å². The quantitative estimate of drug-likeness (QED) is 0.0205. The van der Waals surface area contributed by atoms with Crippen molar-refractivity contribution in [3.05, 3.63) is 48.6 Å². The Morgan fingerprint density at radius 3 is 1.30 bits per heavy atom. The number of likely N-dealkylation sites (N-methyl/N-ethyl adjacent to an activating group) is 1. The second-order valence-corrected chi connectivity index (χ2v) is 24.0. The summed E-state index contributed by atoms with van der Waals surface area (Å²) in [5, 5.41) is 3.06. The lowest BCUT2D eigenvalue weighted by atomic mass is 10.0. The number of carbonyl (C=O) groups excluding carboxylic acids is 2. The highest BCUT2D eigenvalue weighted by Crippen LogP contribution is 2.43. The van der Waals surface area contributed by atoms with Gasteiger partial charge >= 0.3 is 13.8 Å². The fourth-order valence-corrected chi connectivity index (χ4v) is 9.89. The molecule has 0 spiro atoms. The number of quaternary nitrogens is 1. The van der Waals surface area contributed by atoms with E-state index in [4.69, 9.17) is 13.8 Å². The van der Waals surface area contributed by atoms with Gasteiger partial charge in [0, 0.05) is 12.8 Å². The van der Waals surface area contributed by atoms with E-state index in [1.165, 1.54) is 180 Å². The highest BCUT2D eigenvalue weighted by atomic mass is 31.2. The van der Waals surface area contributed by atoms with Crippen molar-refractivity contribution in [1.29, 1.82) is 0 Å². The summed E-state index contributed by atoms with van der Waals surface area (Å²) >= 11 is 0. The third-order valence-corrected chi connectivity index (χ3v) is 15.0. The SMILES string of the molecule is CC/C=C/C/C=C/CCCCCCCCCC(=O)OC(/C=C\CCCCCCCCCCCCC)C(COP(=O)(O)OCC[N+](C)(C)C)NC(=O)CCCCCCCCCCCCC/C=C/CCCCCCCC. The van der Waals surface area contributed by atoms with Crippen molar-refractivity contribution in [3.8, 4) is 0 Å². The summed E-state index contributed by atoms with van der Waals surface area (Å²) in [7, 11) is 1.50. The van der Waals surface area contributed by atoms with Crippen molar-refractivity contribution < 1.29 is 37.3 Å². The van der Waals surface area contributed by atoms with Crippen LogP contribution in [0.1, 0.15) is 297 Å². The molecule has 0 aliphatic heterocycles. The number of unbranched alkanes of at least 4 members (excludes halogenated alkanes) is 35. The molecule has 0 aromatic heterocycles. The van der Waals surface area contributed by atoms with Crippen LogP contribution < -0.4 is 5.32 Å². The number of allylic oxidation sites excluding steroid dienone is 7. The van der Waals surface area contributed by atoms with Crippen LogP contribution in [0.25, 0.3) is 0 Å². The number of phosphoric ester groups is 1. The fraction of sp³-hybridized carbons (Fsp3) is 0.844. The van der Waals surface area contributed by atoms with E-state index >= 15 is 0 Å². The van der Waals surface area contributed by atoms with Gasteiger partial charge < -0.3 is 19.4 Å². The van der Waals surface area contributed by atoms with Gasteiger partial charge in [-0.05, 0) is 83.1 Å². The first-order valence-electron chi connectivity index (χ1n) is 31.5. The molecule has 1 amide bonds. The van der Waals surface area contributed by atoms with E-state index in [9.17, 15) is 19.0 Å². The Labute approximate surface area is 458 Å². The number of hydrogen-bond donors (Lipinski definition) is 2. The number of ether oxygens (including phenoxy) is 1. The first kappa shape index (κ1) is 72.0. The average Bonchev–Trinajstić information content (AvgIpc) is 3.36. The number of hydrogen-bond acceptors (Lipinski definition) is 6. The average molecular weight is 1060 g/mol. The molecule has 0 heterocycles. The largest absolute Gasteiger partial charge is 0.472 e. The fourth-order valence-electron chi connectivity index (χ4n) is 9.15. The van der Waals surface area contributed by atoms with Crippen molar-refractivity contribution in [3.63, 3.8) is 0 Å². The van der Waals surface area contributed by atoms with Crippen molar-refractivity contribution in [1.82, 2.24) is 5.32 Å². The molecule has 0 aliphatic carbocycles. The number of phosphoric acid groups is 1. The molecule has 0 saturated carbocycles. The van der Waals surface area contributed by atoms with Crippen molar-refractivity contribution in [2.24, 2.45) is 0 Å². The highest BCUT2D eigenvalue weighted by molar-refractivity contribution is 7.47. The molecule has 10 heteroatoms. The van der Waals surface area contributed by atoms with Gasteiger partial charge in [0.1, 0.15) is 19.3 Å². The Morgan fingerprint density at radius 1 is 0.486 bits per heavy atom. The zero-order valence-corrected chi connectivity index (χ0v) is 50.5. The second kappa shape index (κ2) is 54.3. The zero-order chi connectivity index (χ0) is 54.3. The van der Waals surface area contributed by atoms with E-state index < -0.39 is 20.0 Å². The Balaban J connectivity index is 5.22. The van der Waals surface area contributed by atoms with Crippen LogP contribution in [0.3, 0.4) is 0 Å². The molecule has 434 valence electrons. The normalized spacial score (nSPS) is 14.0. The summed E-state index contributed by atoms with van der Waals surface area (Å²) in [6.07, 6.45) is 66.8. The molecule has 0 saturated heterocycles. The van der Waals surface area contributed by atoms with E-state index in [0.29, 0.717) is 17.4 Å². The maximum atomic E-state index is 13.6. The lowest BCUT2D eigenvalue weighted by molar-refractivity contribution is -0.870. The van der Waals surface area contributed by atoms with Gasteiger partial charge in [-0.2, -0.15) is 0 Å². The van der Waals surface area contributed by atoms with Gasteiger partial charge in [-0.1, -0.05) is 250 Å². The van der Waals surface area contributed by atoms with Crippen LogP contribution in [0.5, 0.6) is 0 Å². The Kier molecular flexibility index (Phi) is 52.8. The first-order chi connectivity index (χ1) is 35.9. The Morgan fingerprint density at radius 2 is 0.865 bits per heavy atom. The number of esters is 1. The molecule has 0 rings (SSSR count). The zero-order valence-electron chi connectivity index (χ0n) is 49.6. The van der Waals surface area contributed by atoms with Gasteiger partial charge in [0.25, 0.3) is 0 Å². The van der Waals surface area contributed by atoms with E-state index in [1.807, 2.05) is 33.3 Å². The number of nitrogens with zero attached hydrogens (tertiary/aromatic N) is 1. The highest BCUT2D eigenvalue weighted by Gasteiger charge is 2.30. The lowest BCUT2D eigenvalue weighted by Crippen LogP contribution is -2.47. The molecule has 0 aromatic rings. The van der Waals surface area contributed by atoms with Gasteiger partial charge in [0.2, 0.25) is 5.91 Å². The molecule has 3 unspecified atom stereocenters. The third kappa shape index (κ3) is 54.7. The topological polar surface area (TPSA) is 111 Å². The number of nitrogens with one attached hydrogen (secondary N) is 1. The maximum absolute atomic E-state index is 13.6. The monoisotopic (exact) mass is 1060 g/mol. The maximum Gasteiger partial charge on any atom is 0.472 e. The van der Waals surface area contributed by atoms with Gasteiger partial charge in [0.15, 0.2) is 0 Å². The minimum absolute atomic E-state index is 0.0393. The van der Waals surface area contributed by atoms with Crippen LogP contribution in [-0.2, 0) is 27.9 Å². The summed E-state index contributed by atoms with van der Waals surface area (Å²) in [5.41, 5.74) is 0. The van der Waals surface area contributed by atoms with E-state index in [2.05, 4.69) is 62.5 Å². The molecule has 0 radical (unpaired) electrons. The molecule has 3 atom stereocenters. The molecule has 0 aromatic carbocycles. The molecular formula is C64H122N2O7P+. The van der Waals surface area contributed by atoms with Crippen LogP contribution in [0.4, 0.5) is 0 Å². The van der Waals surface area contributed by atoms with Crippen LogP contribution in [-0.4, -0.2) is 74.3 Å². The Bertz CT molecular complexity index is 1410. The summed E-state index contributed by atoms with van der Waals surface area (Å²) in [6, 6.07) is -0.850. The summed E-state index contributed by atoms with van der Waals surface area (Å²) in [6.45, 7) is 6.93. The predicted molar refractivity (Wildman–Crippen MR) is 319 cm³/mol. The number of amides is 1. The van der Waals surface area contributed by atoms with E-state index in [-0.39, 0.29) is 31.5 Å². The van der Waals surface area contributed by atoms with Crippen molar-refractivity contribution in [2.75, 3.05) is 40.9 Å². The smallest absolute Gasteiger partial charge is 0.456 e. The minimum atomic E-state index is -4.45. The van der Waals surface area contributed by atoms with Crippen molar-refractivity contribution in [2.45, 2.75) is 309 Å². The minimum Gasteiger partial charge on any atom is -0.456 e. The van der Waals surface area contributed by atoms with Crippen LogP contribution in [0, 0.1) is 0 Å². The molecule has 0 fully saturated rings. The standard InChI is InChI=1S/C64H121N2O7P/c1-7-10-13-16-19-22-25-28-30-31-32-33-34-35-36-38-41-44-47-50-53-56-63(67)65-61(60-72-74(69,70)71-59-58-66(4,5)6)62(55-52-49-46-43-40-37-27-24-21-18-15-12-9-3)73-64(68)57-54-51-48-45-42-39-29-26-23-20-17-14-11-8-2/h11,14,20,23,28,30,52,55,61-62H,7-10,12-13,15-19,21-22,24-27,29,31-51,53-54,56-60H2,1-6H3,(H-,65,67,69,70)/p+1/b14-11+,23-20+,30-28+,55-52-. The van der Waals surface area contributed by atoms with Crippen LogP contribution >= 0.6 is 7.82 Å². The molecule has 0 aliphatic rings. The van der Waals surface area contributed by atoms with E-state index in [0.717, 1.165) is 83.5 Å². The Hall–Kier alpha value is -2.03. The molecule has 9 nitrogen and oxygen atoms in total. The van der Waals surface area contributed by atoms with Gasteiger partial charge in [0.05, 0.1) is 33.8 Å². The molecule has 2 N–H and O–H groups in total. The van der Waals surface area contributed by atoms with Gasteiger partial charge in [-0.3, -0.25) is 18.6 Å². The molecular weight excluding hydrogens is 940 g/mol. The first-order valence-corrected chi connectivity index (χ1v) is 33.0. The summed E-state index contributed by atoms with van der Waals surface area (Å²) in [4.78, 5) is 37.7. The second-order valence-electron chi connectivity index (χ2n) is 22.5. The predicted octanol–water partition coefficient (Wildman–Crippen LogP) is 19.3. The van der Waals surface area contributed by atoms with E-state index in [1.54, 1.807) is 0 Å². The van der Waals surface area contributed by atoms with Crippen LogP contribution in [0.15, 0.2) is 48.6 Å². The van der Waals surface area contributed by atoms with Gasteiger partial charge in [-0.25, -0.2) is 4.57 Å². The van der Waals surface area contributed by atoms with Crippen molar-refractivity contribution >= 4 is 19.7 Å². The number of rotatable bonds is 57. The van der Waals surface area contributed by atoms with Gasteiger partial charge in [-0.15, -0.1) is 0 Å². The summed E-state index contributed by atoms with van der Waals surface area (Å²) in [5.74, 6) is -0.507.